The van der Waals surface area contributed by atoms with E-state index in [0.717, 1.165) is 24.5 Å². The van der Waals surface area contributed by atoms with Crippen LogP contribution in [0.2, 0.25) is 0 Å². The molecule has 0 spiro atoms. The van der Waals surface area contributed by atoms with Crippen LogP contribution in [0.5, 0.6) is 0 Å². The largest absolute Gasteiger partial charge is 0.376 e. The van der Waals surface area contributed by atoms with Gasteiger partial charge in [0, 0.05) is 11.9 Å². The fourth-order valence-corrected chi connectivity index (χ4v) is 3.79. The van der Waals surface area contributed by atoms with Gasteiger partial charge in [-0.1, -0.05) is 60.1 Å². The summed E-state index contributed by atoms with van der Waals surface area (Å²) in [5.41, 5.74) is 1.83. The van der Waals surface area contributed by atoms with Gasteiger partial charge in [-0.25, -0.2) is 0 Å². The minimum absolute atomic E-state index is 0.565. The Morgan fingerprint density at radius 1 is 1.39 bits per heavy atom. The van der Waals surface area contributed by atoms with Crippen LogP contribution in [0.4, 0.5) is 0 Å². The van der Waals surface area contributed by atoms with E-state index in [0.29, 0.717) is 11.3 Å². The third kappa shape index (κ3) is 3.58. The molecule has 0 heterocycles. The summed E-state index contributed by atoms with van der Waals surface area (Å²) in [4.78, 5) is 0. The molecule has 1 nitrogen and oxygen atoms in total. The molecule has 1 aliphatic rings. The molecule has 1 fully saturated rings. The molecular formula is C16H23BrO. The van der Waals surface area contributed by atoms with Gasteiger partial charge in [0.15, 0.2) is 0 Å². The van der Waals surface area contributed by atoms with Gasteiger partial charge in [-0.3, -0.25) is 0 Å². The molecular weight excluding hydrogens is 288 g/mol. The zero-order valence-corrected chi connectivity index (χ0v) is 12.9. The summed E-state index contributed by atoms with van der Waals surface area (Å²) in [6, 6.07) is 10.4. The van der Waals surface area contributed by atoms with Gasteiger partial charge >= 0.3 is 0 Å². The average molecular weight is 311 g/mol. The van der Waals surface area contributed by atoms with Crippen molar-refractivity contribution < 1.29 is 4.74 Å². The number of rotatable bonds is 7. The van der Waals surface area contributed by atoms with Crippen molar-refractivity contribution in [3.63, 3.8) is 0 Å². The Hall–Kier alpha value is -0.340. The van der Waals surface area contributed by atoms with E-state index in [9.17, 15) is 0 Å². The molecule has 0 radical (unpaired) electrons. The lowest BCUT2D eigenvalue weighted by Gasteiger charge is -2.19. The van der Waals surface area contributed by atoms with Gasteiger partial charge in [-0.2, -0.15) is 0 Å². The predicted molar refractivity (Wildman–Crippen MR) is 79.9 cm³/mol. The first-order chi connectivity index (χ1) is 8.66. The van der Waals surface area contributed by atoms with Crippen LogP contribution in [0, 0.1) is 17.3 Å². The molecule has 3 atom stereocenters. The summed E-state index contributed by atoms with van der Waals surface area (Å²) < 4.78 is 5.82. The zero-order valence-electron chi connectivity index (χ0n) is 11.4. The van der Waals surface area contributed by atoms with Crippen molar-refractivity contribution in [2.75, 3.05) is 11.9 Å². The van der Waals surface area contributed by atoms with Crippen molar-refractivity contribution in [2.24, 2.45) is 17.3 Å². The molecule has 1 aromatic carbocycles. The van der Waals surface area contributed by atoms with Crippen LogP contribution in [0.1, 0.15) is 32.3 Å². The molecule has 0 bridgehead atoms. The molecule has 100 valence electrons. The topological polar surface area (TPSA) is 9.23 Å². The summed E-state index contributed by atoms with van der Waals surface area (Å²) in [6.07, 6.45) is 2.66. The van der Waals surface area contributed by atoms with Crippen LogP contribution in [0.3, 0.4) is 0 Å². The number of benzene rings is 1. The lowest BCUT2D eigenvalue weighted by atomic mass is 9.93. The molecule has 3 unspecified atom stereocenters. The van der Waals surface area contributed by atoms with Crippen LogP contribution in [0.25, 0.3) is 0 Å². The van der Waals surface area contributed by atoms with Crippen molar-refractivity contribution in [1.29, 1.82) is 0 Å². The first-order valence-electron chi connectivity index (χ1n) is 6.84. The molecule has 0 aliphatic heterocycles. The highest BCUT2D eigenvalue weighted by Gasteiger charge is 2.50. The molecule has 1 aromatic rings. The second kappa shape index (κ2) is 6.21. The Labute approximate surface area is 119 Å². The first-order valence-corrected chi connectivity index (χ1v) is 7.96. The van der Waals surface area contributed by atoms with Gasteiger partial charge < -0.3 is 4.74 Å². The van der Waals surface area contributed by atoms with Crippen LogP contribution >= 0.6 is 15.9 Å². The first kappa shape index (κ1) is 14.1. The summed E-state index contributed by atoms with van der Waals surface area (Å²) >= 11 is 3.67. The Bertz CT molecular complexity index is 361. The van der Waals surface area contributed by atoms with Gasteiger partial charge in [-0.15, -0.1) is 0 Å². The molecule has 2 rings (SSSR count). The SMILES string of the molecule is CC(COCc1ccccc1)CC1(CBr)CC1C. The minimum atomic E-state index is 0.565. The van der Waals surface area contributed by atoms with Crippen molar-refractivity contribution in [1.82, 2.24) is 0 Å². The second-order valence-corrected chi connectivity index (χ2v) is 6.47. The Morgan fingerprint density at radius 2 is 2.06 bits per heavy atom. The summed E-state index contributed by atoms with van der Waals surface area (Å²) in [7, 11) is 0. The van der Waals surface area contributed by atoms with Crippen LogP contribution in [-0.2, 0) is 11.3 Å². The van der Waals surface area contributed by atoms with Gasteiger partial charge in [-0.05, 0) is 35.7 Å². The highest BCUT2D eigenvalue weighted by atomic mass is 79.9. The van der Waals surface area contributed by atoms with Crippen LogP contribution in [0.15, 0.2) is 30.3 Å². The fraction of sp³-hybridized carbons (Fsp3) is 0.625. The van der Waals surface area contributed by atoms with Crippen LogP contribution in [-0.4, -0.2) is 11.9 Å². The zero-order chi connectivity index (χ0) is 13.0. The smallest absolute Gasteiger partial charge is 0.0717 e. The third-order valence-corrected chi connectivity index (χ3v) is 5.25. The van der Waals surface area contributed by atoms with Gasteiger partial charge in [0.25, 0.3) is 0 Å². The lowest BCUT2D eigenvalue weighted by molar-refractivity contribution is 0.0828. The van der Waals surface area contributed by atoms with E-state index in [4.69, 9.17) is 4.74 Å². The van der Waals surface area contributed by atoms with Crippen LogP contribution < -0.4 is 0 Å². The van der Waals surface area contributed by atoms with E-state index in [1.54, 1.807) is 0 Å². The average Bonchev–Trinajstić information content (AvgIpc) is 3.01. The third-order valence-electron chi connectivity index (χ3n) is 4.13. The maximum absolute atomic E-state index is 5.82. The molecule has 0 saturated heterocycles. The van der Waals surface area contributed by atoms with E-state index >= 15 is 0 Å². The van der Waals surface area contributed by atoms with Crippen molar-refractivity contribution >= 4 is 15.9 Å². The molecule has 0 amide bonds. The molecule has 0 N–H and O–H groups in total. The number of hydrogen-bond acceptors (Lipinski definition) is 1. The normalized spacial score (nSPS) is 28.1. The van der Waals surface area contributed by atoms with E-state index < -0.39 is 0 Å². The summed E-state index contributed by atoms with van der Waals surface area (Å²) in [5.74, 6) is 1.53. The number of alkyl halides is 1. The van der Waals surface area contributed by atoms with Gasteiger partial charge in [0.1, 0.15) is 0 Å². The van der Waals surface area contributed by atoms with E-state index in [1.807, 2.05) is 6.07 Å². The monoisotopic (exact) mass is 310 g/mol. The highest BCUT2D eigenvalue weighted by Crippen LogP contribution is 2.57. The lowest BCUT2D eigenvalue weighted by Crippen LogP contribution is -2.15. The molecule has 1 aliphatic carbocycles. The van der Waals surface area contributed by atoms with Crippen molar-refractivity contribution in [2.45, 2.75) is 33.3 Å². The van der Waals surface area contributed by atoms with Crippen molar-refractivity contribution in [3.05, 3.63) is 35.9 Å². The maximum atomic E-state index is 5.82. The number of ether oxygens (including phenoxy) is 1. The number of hydrogen-bond donors (Lipinski definition) is 0. The quantitative estimate of drug-likeness (QED) is 0.666. The Balaban J connectivity index is 1.68. The Kier molecular flexibility index (Phi) is 4.85. The van der Waals surface area contributed by atoms with E-state index in [-0.39, 0.29) is 0 Å². The highest BCUT2D eigenvalue weighted by molar-refractivity contribution is 9.09. The summed E-state index contributed by atoms with van der Waals surface area (Å²) in [6.45, 7) is 6.28. The fourth-order valence-electron chi connectivity index (χ4n) is 2.78. The standard InChI is InChI=1S/C16H23BrO/c1-13(8-16(12-17)9-14(16)2)10-18-11-15-6-4-3-5-7-15/h3-7,13-14H,8-12H2,1-2H3. The van der Waals surface area contributed by atoms with Gasteiger partial charge in [0.05, 0.1) is 6.61 Å². The summed E-state index contributed by atoms with van der Waals surface area (Å²) in [5, 5.41) is 1.14. The molecule has 0 aromatic heterocycles. The molecule has 18 heavy (non-hydrogen) atoms. The maximum Gasteiger partial charge on any atom is 0.0717 e. The minimum Gasteiger partial charge on any atom is -0.376 e. The van der Waals surface area contributed by atoms with Crippen molar-refractivity contribution in [3.8, 4) is 0 Å². The number of halogens is 1. The van der Waals surface area contributed by atoms with E-state index in [2.05, 4.69) is 54.0 Å². The second-order valence-electron chi connectivity index (χ2n) is 5.91. The van der Waals surface area contributed by atoms with Gasteiger partial charge in [0.2, 0.25) is 0 Å². The van der Waals surface area contributed by atoms with E-state index in [1.165, 1.54) is 18.4 Å². The molecule has 1 saturated carbocycles. The Morgan fingerprint density at radius 3 is 2.61 bits per heavy atom. The predicted octanol–water partition coefficient (Wildman–Crippen LogP) is 4.65. The molecule has 2 heteroatoms.